The Bertz CT molecular complexity index is 990. The van der Waals surface area contributed by atoms with Gasteiger partial charge >= 0.3 is 18.2 Å². The molecule has 0 aliphatic carbocycles. The number of nitrogens with zero attached hydrogens (tertiary/aromatic N) is 1. The molecule has 2 rings (SSSR count). The molecule has 0 bridgehead atoms. The molecule has 0 fully saturated rings. The molecule has 2 amide bonds. The lowest BCUT2D eigenvalue weighted by Gasteiger charge is -2.23. The Hall–Kier alpha value is -3.02. The van der Waals surface area contributed by atoms with Gasteiger partial charge in [-0.05, 0) is 55.3 Å². The molecule has 8 nitrogen and oxygen atoms in total. The quantitative estimate of drug-likeness (QED) is 0.258. The maximum absolute atomic E-state index is 12.8. The number of carbonyl (C=O) groups excluding carboxylic acids is 1. The van der Waals surface area contributed by atoms with Crippen LogP contribution < -0.4 is 10.1 Å². The van der Waals surface area contributed by atoms with E-state index in [1.54, 1.807) is 55.5 Å². The molecule has 1 atom stereocenters. The zero-order chi connectivity index (χ0) is 28.0. The Labute approximate surface area is 224 Å². The fraction of sp³-hybridized carbons (Fsp3) is 0.462. The average Bonchev–Trinajstić information content (AvgIpc) is 2.86. The minimum atomic E-state index is -4.23. The predicted octanol–water partition coefficient (Wildman–Crippen LogP) is 5.64. The van der Waals surface area contributed by atoms with Gasteiger partial charge in [-0.1, -0.05) is 23.7 Å². The van der Waals surface area contributed by atoms with E-state index < -0.39 is 30.7 Å². The van der Waals surface area contributed by atoms with E-state index in [2.05, 4.69) is 5.32 Å². The highest BCUT2D eigenvalue weighted by atomic mass is 35.5. The third-order valence-electron chi connectivity index (χ3n) is 5.25. The molecule has 0 spiro atoms. The fourth-order valence-electron chi connectivity index (χ4n) is 3.33. The van der Waals surface area contributed by atoms with Gasteiger partial charge in [-0.25, -0.2) is 9.59 Å². The number of carboxylic acids is 1. The number of urea groups is 1. The lowest BCUT2D eigenvalue weighted by atomic mass is 10.1. The summed E-state index contributed by atoms with van der Waals surface area (Å²) in [4.78, 5) is 25.5. The van der Waals surface area contributed by atoms with Crippen molar-refractivity contribution in [3.63, 3.8) is 0 Å². The second kappa shape index (κ2) is 16.1. The van der Waals surface area contributed by atoms with Crippen molar-refractivity contribution in [3.8, 4) is 5.75 Å². The number of alkyl halides is 3. The second-order valence-corrected chi connectivity index (χ2v) is 8.67. The normalized spacial score (nSPS) is 12.1. The Balaban J connectivity index is 1.89. The van der Waals surface area contributed by atoms with Crippen molar-refractivity contribution in [2.45, 2.75) is 38.5 Å². The van der Waals surface area contributed by atoms with Crippen LogP contribution in [0, 0.1) is 0 Å². The molecular weight excluding hydrogens is 529 g/mol. The first-order valence-corrected chi connectivity index (χ1v) is 12.5. The average molecular weight is 561 g/mol. The molecular formula is C26H32ClF3N2O6. The minimum absolute atomic E-state index is 0.0607. The second-order valence-electron chi connectivity index (χ2n) is 8.23. The number of amides is 2. The topological polar surface area (TPSA) is 97.3 Å². The number of benzene rings is 2. The van der Waals surface area contributed by atoms with E-state index in [4.69, 9.17) is 25.8 Å². The van der Waals surface area contributed by atoms with Gasteiger partial charge in [0.2, 0.25) is 0 Å². The van der Waals surface area contributed by atoms with Crippen molar-refractivity contribution in [3.05, 3.63) is 59.1 Å². The molecule has 0 heterocycles. The molecule has 2 aromatic carbocycles. The highest BCUT2D eigenvalue weighted by molar-refractivity contribution is 6.30. The predicted molar refractivity (Wildman–Crippen MR) is 137 cm³/mol. The third-order valence-corrected chi connectivity index (χ3v) is 5.51. The van der Waals surface area contributed by atoms with Crippen LogP contribution in [-0.4, -0.2) is 73.8 Å². The number of ether oxygens (including phenoxy) is 3. The van der Waals surface area contributed by atoms with E-state index in [0.717, 1.165) is 5.56 Å². The van der Waals surface area contributed by atoms with Crippen LogP contribution in [0.3, 0.4) is 0 Å². The van der Waals surface area contributed by atoms with Crippen LogP contribution in [0.1, 0.15) is 25.3 Å². The molecule has 2 N–H and O–H groups in total. The van der Waals surface area contributed by atoms with Crippen LogP contribution in [0.2, 0.25) is 5.02 Å². The molecule has 0 aromatic heterocycles. The lowest BCUT2D eigenvalue weighted by Crippen LogP contribution is -2.40. The van der Waals surface area contributed by atoms with E-state index in [1.165, 1.54) is 4.90 Å². The zero-order valence-corrected chi connectivity index (χ0v) is 21.8. The largest absolute Gasteiger partial charge is 0.492 e. The summed E-state index contributed by atoms with van der Waals surface area (Å²) in [5, 5.41) is 12.5. The Morgan fingerprint density at radius 3 is 2.29 bits per heavy atom. The number of anilines is 1. The number of halogens is 4. The number of carboxylic acid groups (broad SMARTS) is 1. The van der Waals surface area contributed by atoms with E-state index in [1.807, 2.05) is 0 Å². The summed E-state index contributed by atoms with van der Waals surface area (Å²) < 4.78 is 53.1. The molecule has 1 unspecified atom stereocenters. The molecule has 210 valence electrons. The Morgan fingerprint density at radius 2 is 1.68 bits per heavy atom. The van der Waals surface area contributed by atoms with Gasteiger partial charge in [-0.3, -0.25) is 0 Å². The third kappa shape index (κ3) is 12.5. The summed E-state index contributed by atoms with van der Waals surface area (Å²) in [6.07, 6.45) is -6.04. The first-order valence-electron chi connectivity index (χ1n) is 12.1. The van der Waals surface area contributed by atoms with E-state index >= 15 is 0 Å². The van der Waals surface area contributed by atoms with Gasteiger partial charge in [-0.2, -0.15) is 13.2 Å². The first-order chi connectivity index (χ1) is 18.1. The number of hydrogen-bond acceptors (Lipinski definition) is 5. The maximum atomic E-state index is 12.8. The lowest BCUT2D eigenvalue weighted by molar-refractivity contribution is -0.150. The Morgan fingerprint density at radius 1 is 1.03 bits per heavy atom. The molecule has 0 saturated carbocycles. The molecule has 0 radical (unpaired) electrons. The Kier molecular flexibility index (Phi) is 13.2. The van der Waals surface area contributed by atoms with E-state index in [-0.39, 0.29) is 45.8 Å². The molecule has 0 aliphatic heterocycles. The van der Waals surface area contributed by atoms with Crippen molar-refractivity contribution in [2.24, 2.45) is 0 Å². The van der Waals surface area contributed by atoms with Crippen molar-refractivity contribution in [1.29, 1.82) is 0 Å². The molecule has 0 aliphatic rings. The van der Waals surface area contributed by atoms with Gasteiger partial charge in [-0.15, -0.1) is 0 Å². The first kappa shape index (κ1) is 31.2. The summed E-state index contributed by atoms with van der Waals surface area (Å²) in [5.41, 5.74) is 1.29. The summed E-state index contributed by atoms with van der Waals surface area (Å²) in [5.74, 6) is -0.507. The fourth-order valence-corrected chi connectivity index (χ4v) is 3.46. The van der Waals surface area contributed by atoms with Crippen molar-refractivity contribution >= 4 is 29.3 Å². The van der Waals surface area contributed by atoms with E-state index in [0.29, 0.717) is 23.1 Å². The van der Waals surface area contributed by atoms with Crippen molar-refractivity contribution in [2.75, 3.05) is 44.8 Å². The summed E-state index contributed by atoms with van der Waals surface area (Å²) in [7, 11) is 0. The van der Waals surface area contributed by atoms with Gasteiger partial charge in [0.25, 0.3) is 0 Å². The van der Waals surface area contributed by atoms with Crippen LogP contribution >= 0.6 is 11.6 Å². The number of hydrogen-bond donors (Lipinski definition) is 2. The van der Waals surface area contributed by atoms with Crippen LogP contribution in [0.25, 0.3) is 0 Å². The number of rotatable bonds is 16. The monoisotopic (exact) mass is 560 g/mol. The highest BCUT2D eigenvalue weighted by Gasteiger charge is 2.26. The van der Waals surface area contributed by atoms with Crippen LogP contribution in [0.4, 0.5) is 23.7 Å². The number of nitrogens with one attached hydrogen (secondary N) is 1. The minimum Gasteiger partial charge on any atom is -0.492 e. The SMILES string of the molecule is CCOC(Cc1ccc(OCCN(CCOCCCC(F)(F)F)C(=O)Nc2ccc(Cl)cc2)cc1)C(=O)O. The van der Waals surface area contributed by atoms with Crippen LogP contribution in [0.15, 0.2) is 48.5 Å². The van der Waals surface area contributed by atoms with Gasteiger partial charge in [0, 0.05) is 43.3 Å². The smallest absolute Gasteiger partial charge is 0.389 e. The summed E-state index contributed by atoms with van der Waals surface area (Å²) in [6.45, 7) is 2.47. The van der Waals surface area contributed by atoms with Gasteiger partial charge < -0.3 is 29.5 Å². The van der Waals surface area contributed by atoms with Gasteiger partial charge in [0.05, 0.1) is 13.2 Å². The van der Waals surface area contributed by atoms with Gasteiger partial charge in [0.1, 0.15) is 12.4 Å². The maximum Gasteiger partial charge on any atom is 0.389 e. The van der Waals surface area contributed by atoms with Crippen LogP contribution in [-0.2, 0) is 20.7 Å². The zero-order valence-electron chi connectivity index (χ0n) is 21.0. The summed E-state index contributed by atoms with van der Waals surface area (Å²) in [6, 6.07) is 13.0. The highest BCUT2D eigenvalue weighted by Crippen LogP contribution is 2.21. The standard InChI is InChI=1S/C26H32ClF3N2O6/c1-2-37-23(24(33)34)18-19-4-10-22(11-5-19)38-17-14-32(13-16-36-15-3-12-26(28,29)30)25(35)31-21-8-6-20(27)7-9-21/h4-11,23H,2-3,12-18H2,1H3,(H,31,35)(H,33,34). The molecule has 12 heteroatoms. The van der Waals surface area contributed by atoms with Gasteiger partial charge in [0.15, 0.2) is 6.10 Å². The molecule has 38 heavy (non-hydrogen) atoms. The van der Waals surface area contributed by atoms with E-state index in [9.17, 15) is 27.9 Å². The van der Waals surface area contributed by atoms with Crippen molar-refractivity contribution in [1.82, 2.24) is 4.90 Å². The van der Waals surface area contributed by atoms with Crippen molar-refractivity contribution < 1.29 is 42.1 Å². The molecule has 2 aromatic rings. The van der Waals surface area contributed by atoms with Crippen LogP contribution in [0.5, 0.6) is 5.75 Å². The number of aliphatic carboxylic acids is 1. The number of carbonyl (C=O) groups is 2. The molecule has 0 saturated heterocycles. The summed E-state index contributed by atoms with van der Waals surface area (Å²) >= 11 is 5.88.